The van der Waals surface area contributed by atoms with Crippen LogP contribution in [-0.2, 0) is 11.3 Å². The van der Waals surface area contributed by atoms with Gasteiger partial charge in [-0.05, 0) is 81.3 Å². The highest BCUT2D eigenvalue weighted by Gasteiger charge is 2.18. The minimum atomic E-state index is -0.159. The molecule has 4 N–H and O–H groups in total. The third-order valence-electron chi connectivity index (χ3n) is 7.63. The zero-order valence-electron chi connectivity index (χ0n) is 23.2. The molecule has 0 spiro atoms. The zero-order valence-corrected chi connectivity index (χ0v) is 23.2. The fourth-order valence-electron chi connectivity index (χ4n) is 5.26. The van der Waals surface area contributed by atoms with Crippen molar-refractivity contribution < 1.29 is 9.53 Å². The third-order valence-corrected chi connectivity index (χ3v) is 7.63. The second-order valence-corrected chi connectivity index (χ2v) is 10.7. The predicted octanol–water partition coefficient (Wildman–Crippen LogP) is 3.62. The summed E-state index contributed by atoms with van der Waals surface area (Å²) in [5.41, 5.74) is 12.3. The first-order valence-corrected chi connectivity index (χ1v) is 13.8. The lowest BCUT2D eigenvalue weighted by atomic mass is 10.0. The number of aromatic nitrogens is 2. The molecule has 2 saturated heterocycles. The topological polar surface area (TPSA) is 109 Å². The van der Waals surface area contributed by atoms with Gasteiger partial charge in [-0.1, -0.05) is 0 Å². The van der Waals surface area contributed by atoms with Crippen molar-refractivity contribution in [2.24, 2.45) is 0 Å². The van der Waals surface area contributed by atoms with Gasteiger partial charge in [-0.25, -0.2) is 9.97 Å². The molecule has 2 aliphatic rings. The number of pyridine rings is 2. The lowest BCUT2D eigenvalue weighted by Gasteiger charge is -2.33. The highest BCUT2D eigenvalue weighted by Crippen LogP contribution is 2.28. The molecule has 2 fully saturated rings. The van der Waals surface area contributed by atoms with Crippen LogP contribution < -0.4 is 21.3 Å². The number of hydrogen-bond acceptors (Lipinski definition) is 8. The number of nitrogens with two attached hydrogens (primary N) is 1. The number of carbonyl (C=O) groups excluding carboxylic acids is 1. The summed E-state index contributed by atoms with van der Waals surface area (Å²) in [4.78, 5) is 27.2. The molecule has 206 valence electrons. The van der Waals surface area contributed by atoms with Crippen LogP contribution in [0.1, 0.15) is 40.0 Å². The van der Waals surface area contributed by atoms with Crippen molar-refractivity contribution >= 4 is 23.2 Å². The number of piperazine rings is 1. The molecule has 1 amide bonds. The van der Waals surface area contributed by atoms with Gasteiger partial charge in [0, 0.05) is 86.2 Å². The second-order valence-electron chi connectivity index (χ2n) is 10.7. The molecule has 2 aliphatic heterocycles. The van der Waals surface area contributed by atoms with E-state index in [1.165, 1.54) is 0 Å². The minimum Gasteiger partial charge on any atom is -0.383 e. The van der Waals surface area contributed by atoms with E-state index in [1.54, 1.807) is 0 Å². The molecular formula is C30H39N7O2. The van der Waals surface area contributed by atoms with Crippen molar-refractivity contribution in [2.75, 3.05) is 62.4 Å². The van der Waals surface area contributed by atoms with Gasteiger partial charge in [0.1, 0.15) is 11.6 Å². The quantitative estimate of drug-likeness (QED) is 0.426. The molecule has 9 heteroatoms. The maximum Gasteiger partial charge on any atom is 0.251 e. The maximum absolute atomic E-state index is 13.4. The summed E-state index contributed by atoms with van der Waals surface area (Å²) >= 11 is 0. The van der Waals surface area contributed by atoms with E-state index in [0.29, 0.717) is 24.0 Å². The molecule has 3 aromatic rings. The Morgan fingerprint density at radius 2 is 1.82 bits per heavy atom. The Hall–Kier alpha value is -3.69. The van der Waals surface area contributed by atoms with Gasteiger partial charge in [-0.2, -0.15) is 0 Å². The van der Waals surface area contributed by atoms with E-state index >= 15 is 0 Å². The van der Waals surface area contributed by atoms with Crippen LogP contribution >= 0.6 is 0 Å². The molecule has 0 aliphatic carbocycles. The summed E-state index contributed by atoms with van der Waals surface area (Å²) < 4.78 is 5.53. The van der Waals surface area contributed by atoms with E-state index in [-0.39, 0.29) is 5.91 Å². The molecule has 4 heterocycles. The highest BCUT2D eigenvalue weighted by atomic mass is 16.5. The van der Waals surface area contributed by atoms with Gasteiger partial charge in [0.15, 0.2) is 0 Å². The normalized spacial score (nSPS) is 16.7. The van der Waals surface area contributed by atoms with Crippen molar-refractivity contribution in [1.82, 2.24) is 20.2 Å². The largest absolute Gasteiger partial charge is 0.383 e. The first-order valence-electron chi connectivity index (χ1n) is 13.8. The fraction of sp³-hybridized carbons (Fsp3) is 0.433. The van der Waals surface area contributed by atoms with Crippen molar-refractivity contribution in [3.8, 4) is 11.1 Å². The number of nitrogens with one attached hydrogen (secondary N) is 2. The Morgan fingerprint density at radius 1 is 1.05 bits per heavy atom. The predicted molar refractivity (Wildman–Crippen MR) is 156 cm³/mol. The van der Waals surface area contributed by atoms with Crippen LogP contribution in [0.2, 0.25) is 0 Å². The second kappa shape index (κ2) is 12.0. The standard InChI is InChI=1S/C30H39N7O2/c1-20-14-21(2)34-29(31)27(20)19-33-30(38)24-15-23(16-26(17-24)35-25-6-12-39-13-7-25)22-4-5-28(32-18-22)37-10-8-36(3)9-11-37/h4-5,14-18,25,35H,6-13,19H2,1-3H3,(H2,31,34)(H,33,38). The van der Waals surface area contributed by atoms with Crippen LogP contribution in [0.3, 0.4) is 0 Å². The first kappa shape index (κ1) is 26.9. The molecule has 9 nitrogen and oxygen atoms in total. The molecule has 5 rings (SSSR count). The van der Waals surface area contributed by atoms with Gasteiger partial charge < -0.3 is 30.9 Å². The number of aryl methyl sites for hydroxylation is 2. The highest BCUT2D eigenvalue weighted by molar-refractivity contribution is 5.96. The molecule has 0 unspecified atom stereocenters. The van der Waals surface area contributed by atoms with Gasteiger partial charge in [0.2, 0.25) is 0 Å². The Kier molecular flexibility index (Phi) is 8.28. The number of rotatable bonds is 7. The maximum atomic E-state index is 13.4. The summed E-state index contributed by atoms with van der Waals surface area (Å²) in [6.07, 6.45) is 3.78. The number of carbonyl (C=O) groups is 1. The van der Waals surface area contributed by atoms with Gasteiger partial charge in [0.25, 0.3) is 5.91 Å². The minimum absolute atomic E-state index is 0.159. The van der Waals surface area contributed by atoms with E-state index in [9.17, 15) is 4.79 Å². The van der Waals surface area contributed by atoms with Gasteiger partial charge in [0.05, 0.1) is 0 Å². The van der Waals surface area contributed by atoms with E-state index in [4.69, 9.17) is 15.5 Å². The summed E-state index contributed by atoms with van der Waals surface area (Å²) in [6, 6.07) is 12.4. The molecule has 39 heavy (non-hydrogen) atoms. The number of amides is 1. The Morgan fingerprint density at radius 3 is 2.51 bits per heavy atom. The number of likely N-dealkylation sites (N-methyl/N-ethyl adjacent to an activating group) is 1. The smallest absolute Gasteiger partial charge is 0.251 e. The van der Waals surface area contributed by atoms with Gasteiger partial charge >= 0.3 is 0 Å². The van der Waals surface area contributed by atoms with Gasteiger partial charge in [-0.3, -0.25) is 4.79 Å². The number of nitrogens with zero attached hydrogens (tertiary/aromatic N) is 4. The summed E-state index contributed by atoms with van der Waals surface area (Å²) in [5, 5.41) is 6.68. The number of hydrogen-bond donors (Lipinski definition) is 3. The first-order chi connectivity index (χ1) is 18.9. The number of nitrogen functional groups attached to an aromatic ring is 1. The third kappa shape index (κ3) is 6.66. The zero-order chi connectivity index (χ0) is 27.4. The van der Waals surface area contributed by atoms with Crippen LogP contribution in [-0.4, -0.2) is 73.3 Å². The molecule has 0 radical (unpaired) electrons. The molecular weight excluding hydrogens is 490 g/mol. The summed E-state index contributed by atoms with van der Waals surface area (Å²) in [5.74, 6) is 1.28. The van der Waals surface area contributed by atoms with E-state index in [1.807, 2.05) is 38.2 Å². The lowest BCUT2D eigenvalue weighted by molar-refractivity contribution is 0.0904. The molecule has 0 atom stereocenters. The van der Waals surface area contributed by atoms with Crippen molar-refractivity contribution in [1.29, 1.82) is 0 Å². The van der Waals surface area contributed by atoms with Crippen LogP contribution in [0, 0.1) is 13.8 Å². The van der Waals surface area contributed by atoms with E-state index < -0.39 is 0 Å². The average Bonchev–Trinajstić information content (AvgIpc) is 2.93. The van der Waals surface area contributed by atoms with Crippen LogP contribution in [0.25, 0.3) is 11.1 Å². The molecule has 2 aromatic heterocycles. The number of anilines is 3. The SMILES string of the molecule is Cc1cc(C)c(CNC(=O)c2cc(NC3CCOCC3)cc(-c3ccc(N4CCN(C)CC4)nc3)c2)c(N)n1. The number of ether oxygens (including phenoxy) is 1. The van der Waals surface area contributed by atoms with Crippen LogP contribution in [0.4, 0.5) is 17.3 Å². The summed E-state index contributed by atoms with van der Waals surface area (Å²) in [6.45, 7) is 9.71. The average molecular weight is 530 g/mol. The van der Waals surface area contributed by atoms with Crippen molar-refractivity contribution in [3.05, 3.63) is 65.0 Å². The fourth-order valence-corrected chi connectivity index (χ4v) is 5.26. The number of benzene rings is 1. The van der Waals surface area contributed by atoms with Gasteiger partial charge in [-0.15, -0.1) is 0 Å². The van der Waals surface area contributed by atoms with E-state index in [2.05, 4.69) is 50.7 Å². The molecule has 1 aromatic carbocycles. The Labute approximate surface area is 230 Å². The van der Waals surface area contributed by atoms with E-state index in [0.717, 1.165) is 91.7 Å². The molecule has 0 bridgehead atoms. The summed E-state index contributed by atoms with van der Waals surface area (Å²) in [7, 11) is 2.15. The monoisotopic (exact) mass is 529 g/mol. The Balaban J connectivity index is 1.38. The van der Waals surface area contributed by atoms with Crippen molar-refractivity contribution in [3.63, 3.8) is 0 Å². The van der Waals surface area contributed by atoms with Crippen LogP contribution in [0.5, 0.6) is 0 Å². The lowest BCUT2D eigenvalue weighted by Crippen LogP contribution is -2.44. The molecule has 0 saturated carbocycles. The van der Waals surface area contributed by atoms with Crippen molar-refractivity contribution in [2.45, 2.75) is 39.3 Å². The Bertz CT molecular complexity index is 1270. The van der Waals surface area contributed by atoms with Crippen LogP contribution in [0.15, 0.2) is 42.6 Å².